The number of morpholine rings is 1. The van der Waals surface area contributed by atoms with E-state index < -0.39 is 11.6 Å². The lowest BCUT2D eigenvalue weighted by atomic mass is 9.79. The molecule has 2 heterocycles. The Labute approximate surface area is 161 Å². The molecule has 8 nitrogen and oxygen atoms in total. The molecule has 1 saturated carbocycles. The summed E-state index contributed by atoms with van der Waals surface area (Å²) in [6.07, 6.45) is 5.94. The Morgan fingerprint density at radius 1 is 1.15 bits per heavy atom. The topological polar surface area (TPSA) is 91.0 Å². The quantitative estimate of drug-likeness (QED) is 0.667. The molecule has 0 aromatic rings. The highest BCUT2D eigenvalue weighted by molar-refractivity contribution is 6.06. The Morgan fingerprint density at radius 3 is 2.41 bits per heavy atom. The monoisotopic (exact) mass is 380 g/mol. The van der Waals surface area contributed by atoms with Crippen molar-refractivity contribution >= 4 is 17.8 Å². The number of carbonyl (C=O) groups is 3. The maximum Gasteiger partial charge on any atom is 0.325 e. The molecule has 2 N–H and O–H groups in total. The van der Waals surface area contributed by atoms with Crippen molar-refractivity contribution in [3.8, 4) is 0 Å². The van der Waals surface area contributed by atoms with Gasteiger partial charge in [-0.1, -0.05) is 19.3 Å². The van der Waals surface area contributed by atoms with E-state index in [9.17, 15) is 14.4 Å². The molecule has 3 aliphatic rings. The third-order valence-corrected chi connectivity index (χ3v) is 6.09. The molecule has 0 aromatic carbocycles. The molecule has 0 bridgehead atoms. The van der Waals surface area contributed by atoms with Gasteiger partial charge in [-0.05, 0) is 26.7 Å². The number of ether oxygens (including phenoxy) is 1. The Bertz CT molecular complexity index is 580. The normalized spacial score (nSPS) is 25.3. The summed E-state index contributed by atoms with van der Waals surface area (Å²) < 4.78 is 5.49. The summed E-state index contributed by atoms with van der Waals surface area (Å²) in [7, 11) is 0. The van der Waals surface area contributed by atoms with E-state index in [4.69, 9.17) is 4.74 Å². The van der Waals surface area contributed by atoms with Crippen molar-refractivity contribution in [2.75, 3.05) is 39.4 Å². The first-order valence-corrected chi connectivity index (χ1v) is 10.1. The largest absolute Gasteiger partial charge is 0.379 e. The van der Waals surface area contributed by atoms with Crippen molar-refractivity contribution in [3.63, 3.8) is 0 Å². The molecule has 0 aromatic heterocycles. The van der Waals surface area contributed by atoms with Crippen LogP contribution < -0.4 is 10.6 Å². The zero-order chi connectivity index (χ0) is 19.5. The zero-order valence-corrected chi connectivity index (χ0v) is 16.5. The molecule has 2 saturated heterocycles. The average molecular weight is 380 g/mol. The molecule has 8 heteroatoms. The van der Waals surface area contributed by atoms with E-state index in [0.29, 0.717) is 6.54 Å². The van der Waals surface area contributed by atoms with Crippen LogP contribution in [0.1, 0.15) is 52.4 Å². The first-order valence-electron chi connectivity index (χ1n) is 10.1. The smallest absolute Gasteiger partial charge is 0.325 e. The number of imide groups is 1. The molecule has 4 amide bonds. The van der Waals surface area contributed by atoms with Gasteiger partial charge in [-0.15, -0.1) is 0 Å². The summed E-state index contributed by atoms with van der Waals surface area (Å²) in [5.41, 5.74) is -0.878. The van der Waals surface area contributed by atoms with Gasteiger partial charge in [0.05, 0.1) is 13.2 Å². The molecule has 2 aliphatic heterocycles. The highest BCUT2D eigenvalue weighted by Crippen LogP contribution is 2.33. The van der Waals surface area contributed by atoms with E-state index in [2.05, 4.69) is 15.5 Å². The molecule has 152 valence electrons. The molecule has 3 rings (SSSR count). The average Bonchev–Trinajstić information content (AvgIpc) is 2.87. The number of urea groups is 1. The Balaban J connectivity index is 1.52. The van der Waals surface area contributed by atoms with E-state index >= 15 is 0 Å². The van der Waals surface area contributed by atoms with Crippen molar-refractivity contribution in [2.45, 2.75) is 63.5 Å². The van der Waals surface area contributed by atoms with Gasteiger partial charge in [-0.2, -0.15) is 0 Å². The summed E-state index contributed by atoms with van der Waals surface area (Å²) >= 11 is 0. The maximum atomic E-state index is 12.4. The van der Waals surface area contributed by atoms with Gasteiger partial charge in [0.2, 0.25) is 5.91 Å². The van der Waals surface area contributed by atoms with Crippen LogP contribution >= 0.6 is 0 Å². The lowest BCUT2D eigenvalue weighted by Crippen LogP contribution is -2.59. The highest BCUT2D eigenvalue weighted by Gasteiger charge is 2.44. The van der Waals surface area contributed by atoms with E-state index in [1.165, 1.54) is 19.3 Å². The second-order valence-corrected chi connectivity index (χ2v) is 8.42. The standard InChI is InChI=1S/C19H32N4O4/c1-18(2)16(25)23(17(26)21-18)9-6-15(24)20-14-19(7-4-3-5-8-19)22-10-12-27-13-11-22/h3-14H2,1-2H3,(H,20,24)(H,21,26). The van der Waals surface area contributed by atoms with Crippen LogP contribution in [0, 0.1) is 0 Å². The van der Waals surface area contributed by atoms with Gasteiger partial charge < -0.3 is 15.4 Å². The molecule has 27 heavy (non-hydrogen) atoms. The molecular formula is C19H32N4O4. The van der Waals surface area contributed by atoms with Crippen molar-refractivity contribution in [1.29, 1.82) is 0 Å². The first-order chi connectivity index (χ1) is 12.8. The summed E-state index contributed by atoms with van der Waals surface area (Å²) in [5.74, 6) is -0.393. The van der Waals surface area contributed by atoms with Crippen molar-refractivity contribution in [1.82, 2.24) is 20.4 Å². The molecule has 0 spiro atoms. The fourth-order valence-electron chi connectivity index (χ4n) is 4.44. The molecule has 0 atom stereocenters. The third kappa shape index (κ3) is 4.43. The number of rotatable bonds is 6. The molecule has 1 aliphatic carbocycles. The van der Waals surface area contributed by atoms with Gasteiger partial charge in [-0.25, -0.2) is 4.79 Å². The number of amides is 4. The molecule has 0 unspecified atom stereocenters. The summed E-state index contributed by atoms with van der Waals surface area (Å²) in [6.45, 7) is 7.39. The van der Waals surface area contributed by atoms with Gasteiger partial charge in [0.1, 0.15) is 5.54 Å². The van der Waals surface area contributed by atoms with Gasteiger partial charge in [0, 0.05) is 38.1 Å². The van der Waals surface area contributed by atoms with Crippen molar-refractivity contribution < 1.29 is 19.1 Å². The SMILES string of the molecule is CC1(C)NC(=O)N(CCC(=O)NCC2(N3CCOCC3)CCCCC2)C1=O. The summed E-state index contributed by atoms with van der Waals surface area (Å²) in [6, 6.07) is -0.421. The lowest BCUT2D eigenvalue weighted by molar-refractivity contribution is -0.130. The zero-order valence-electron chi connectivity index (χ0n) is 16.5. The maximum absolute atomic E-state index is 12.4. The van der Waals surface area contributed by atoms with E-state index in [0.717, 1.165) is 44.0 Å². The Hall–Kier alpha value is -1.67. The molecular weight excluding hydrogens is 348 g/mol. The summed E-state index contributed by atoms with van der Waals surface area (Å²) in [5, 5.41) is 5.71. The van der Waals surface area contributed by atoms with Crippen LogP contribution in [0.25, 0.3) is 0 Å². The minimum Gasteiger partial charge on any atom is -0.379 e. The van der Waals surface area contributed by atoms with Crippen molar-refractivity contribution in [2.24, 2.45) is 0 Å². The van der Waals surface area contributed by atoms with E-state index in [1.54, 1.807) is 13.8 Å². The molecule has 0 radical (unpaired) electrons. The number of carbonyl (C=O) groups excluding carboxylic acids is 3. The van der Waals surface area contributed by atoms with Gasteiger partial charge >= 0.3 is 6.03 Å². The Kier molecular flexibility index (Phi) is 6.05. The first kappa shape index (κ1) is 20.1. The van der Waals surface area contributed by atoms with E-state index in [1.807, 2.05) is 0 Å². The highest BCUT2D eigenvalue weighted by atomic mass is 16.5. The van der Waals surface area contributed by atoms with Crippen LogP contribution in [0.15, 0.2) is 0 Å². The second kappa shape index (κ2) is 8.14. The van der Waals surface area contributed by atoms with Crippen LogP contribution in [0.2, 0.25) is 0 Å². The second-order valence-electron chi connectivity index (χ2n) is 8.42. The van der Waals surface area contributed by atoms with E-state index in [-0.39, 0.29) is 30.3 Å². The molecule has 3 fully saturated rings. The van der Waals surface area contributed by atoms with Crippen LogP contribution in [0.3, 0.4) is 0 Å². The summed E-state index contributed by atoms with van der Waals surface area (Å²) in [4.78, 5) is 40.2. The minimum atomic E-state index is -0.893. The fraction of sp³-hybridized carbons (Fsp3) is 0.842. The minimum absolute atomic E-state index is 0.0144. The van der Waals surface area contributed by atoms with Crippen molar-refractivity contribution in [3.05, 3.63) is 0 Å². The number of nitrogens with one attached hydrogen (secondary N) is 2. The fourth-order valence-corrected chi connectivity index (χ4v) is 4.44. The van der Waals surface area contributed by atoms with Crippen LogP contribution in [-0.2, 0) is 14.3 Å². The van der Waals surface area contributed by atoms with Crippen LogP contribution in [-0.4, -0.2) is 78.1 Å². The Morgan fingerprint density at radius 2 is 1.81 bits per heavy atom. The van der Waals surface area contributed by atoms with Crippen LogP contribution in [0.4, 0.5) is 4.79 Å². The number of hydrogen-bond acceptors (Lipinski definition) is 5. The van der Waals surface area contributed by atoms with Crippen LogP contribution in [0.5, 0.6) is 0 Å². The predicted octanol–water partition coefficient (Wildman–Crippen LogP) is 0.858. The number of nitrogens with zero attached hydrogens (tertiary/aromatic N) is 2. The third-order valence-electron chi connectivity index (χ3n) is 6.09. The predicted molar refractivity (Wildman–Crippen MR) is 100 cm³/mol. The van der Waals surface area contributed by atoms with Gasteiger partial charge in [0.15, 0.2) is 0 Å². The van der Waals surface area contributed by atoms with Gasteiger partial charge in [0.25, 0.3) is 5.91 Å². The lowest BCUT2D eigenvalue weighted by Gasteiger charge is -2.48. The van der Waals surface area contributed by atoms with Gasteiger partial charge in [-0.3, -0.25) is 19.4 Å². The number of hydrogen-bond donors (Lipinski definition) is 2.